The predicted octanol–water partition coefficient (Wildman–Crippen LogP) is 5.44. The summed E-state index contributed by atoms with van der Waals surface area (Å²) in [6.07, 6.45) is -4.32. The maximum absolute atomic E-state index is 12.7. The zero-order valence-corrected chi connectivity index (χ0v) is 11.1. The normalized spacial score (nSPS) is 11.6. The highest BCUT2D eigenvalue weighted by atomic mass is 79.9. The zero-order valence-electron chi connectivity index (χ0n) is 9.55. The molecule has 0 saturated carbocycles. The van der Waals surface area contributed by atoms with Crippen LogP contribution in [0.1, 0.15) is 11.1 Å². The summed E-state index contributed by atoms with van der Waals surface area (Å²) in [6.45, 7) is 1.91. The van der Waals surface area contributed by atoms with E-state index in [0.29, 0.717) is 10.0 Å². The topological polar surface area (TPSA) is 0 Å². The number of hydrogen-bond donors (Lipinski definition) is 0. The van der Waals surface area contributed by atoms with Crippen LogP contribution in [0.25, 0.3) is 11.1 Å². The Bertz CT molecular complexity index is 573. The van der Waals surface area contributed by atoms with Crippen molar-refractivity contribution in [2.75, 3.05) is 0 Å². The first-order chi connectivity index (χ1) is 8.38. The molecule has 0 atom stereocenters. The molecule has 0 saturated heterocycles. The summed E-state index contributed by atoms with van der Waals surface area (Å²) in [5, 5.41) is 0. The Morgan fingerprint density at radius 2 is 1.72 bits per heavy atom. The van der Waals surface area contributed by atoms with Crippen LogP contribution in [0.15, 0.2) is 46.9 Å². The SMILES string of the molecule is Cc1cccc(-c2cc(C(F)(F)F)ccc2Br)c1. The maximum Gasteiger partial charge on any atom is 0.416 e. The lowest BCUT2D eigenvalue weighted by atomic mass is 10.0. The first-order valence-corrected chi connectivity index (χ1v) is 6.11. The summed E-state index contributed by atoms with van der Waals surface area (Å²) in [5.74, 6) is 0. The van der Waals surface area contributed by atoms with Crippen molar-refractivity contribution in [2.24, 2.45) is 0 Å². The molecule has 0 amide bonds. The van der Waals surface area contributed by atoms with Gasteiger partial charge >= 0.3 is 6.18 Å². The quantitative estimate of drug-likeness (QED) is 0.657. The molecular weight excluding hydrogens is 305 g/mol. The number of halogens is 4. The first-order valence-electron chi connectivity index (χ1n) is 5.32. The van der Waals surface area contributed by atoms with Crippen LogP contribution in [0.2, 0.25) is 0 Å². The summed E-state index contributed by atoms with van der Waals surface area (Å²) in [6, 6.07) is 11.1. The van der Waals surface area contributed by atoms with Crippen molar-refractivity contribution >= 4 is 15.9 Å². The van der Waals surface area contributed by atoms with Gasteiger partial charge in [0.2, 0.25) is 0 Å². The van der Waals surface area contributed by atoms with Crippen LogP contribution < -0.4 is 0 Å². The standard InChI is InChI=1S/C14H10BrF3/c1-9-3-2-4-10(7-9)12-8-11(14(16,17)18)5-6-13(12)15/h2-8H,1H3. The molecule has 2 aromatic rings. The van der Waals surface area contributed by atoms with Gasteiger partial charge in [0.1, 0.15) is 0 Å². The molecule has 0 aromatic heterocycles. The average Bonchev–Trinajstić information content (AvgIpc) is 2.28. The van der Waals surface area contributed by atoms with E-state index in [9.17, 15) is 13.2 Å². The van der Waals surface area contributed by atoms with Gasteiger partial charge in [-0.25, -0.2) is 0 Å². The van der Waals surface area contributed by atoms with Crippen LogP contribution in [-0.2, 0) is 6.18 Å². The van der Waals surface area contributed by atoms with E-state index in [0.717, 1.165) is 17.2 Å². The Morgan fingerprint density at radius 3 is 2.33 bits per heavy atom. The van der Waals surface area contributed by atoms with E-state index in [1.807, 2.05) is 25.1 Å². The van der Waals surface area contributed by atoms with Crippen LogP contribution in [0, 0.1) is 6.92 Å². The van der Waals surface area contributed by atoms with Gasteiger partial charge in [0.15, 0.2) is 0 Å². The molecular formula is C14H10BrF3. The molecule has 0 unspecified atom stereocenters. The maximum atomic E-state index is 12.7. The minimum Gasteiger partial charge on any atom is -0.166 e. The van der Waals surface area contributed by atoms with Gasteiger partial charge in [-0.3, -0.25) is 0 Å². The number of aryl methyl sites for hydroxylation is 1. The van der Waals surface area contributed by atoms with Crippen LogP contribution in [0.4, 0.5) is 13.2 Å². The van der Waals surface area contributed by atoms with Gasteiger partial charge < -0.3 is 0 Å². The molecule has 0 bridgehead atoms. The Labute approximate surface area is 112 Å². The highest BCUT2D eigenvalue weighted by molar-refractivity contribution is 9.10. The van der Waals surface area contributed by atoms with Gasteiger partial charge in [-0.15, -0.1) is 0 Å². The fourth-order valence-electron chi connectivity index (χ4n) is 1.74. The van der Waals surface area contributed by atoms with E-state index in [4.69, 9.17) is 0 Å². The third-order valence-electron chi connectivity index (χ3n) is 2.62. The van der Waals surface area contributed by atoms with Crippen molar-refractivity contribution in [3.63, 3.8) is 0 Å². The lowest BCUT2D eigenvalue weighted by Gasteiger charge is -2.11. The number of hydrogen-bond acceptors (Lipinski definition) is 0. The second kappa shape index (κ2) is 4.76. The van der Waals surface area contributed by atoms with Gasteiger partial charge in [0, 0.05) is 4.47 Å². The molecule has 0 radical (unpaired) electrons. The molecule has 0 aliphatic heterocycles. The fourth-order valence-corrected chi connectivity index (χ4v) is 2.21. The molecule has 0 spiro atoms. The van der Waals surface area contributed by atoms with Gasteiger partial charge in [-0.1, -0.05) is 45.8 Å². The van der Waals surface area contributed by atoms with Crippen molar-refractivity contribution < 1.29 is 13.2 Å². The number of rotatable bonds is 1. The van der Waals surface area contributed by atoms with E-state index in [1.54, 1.807) is 6.07 Å². The van der Waals surface area contributed by atoms with E-state index in [1.165, 1.54) is 12.1 Å². The highest BCUT2D eigenvalue weighted by Crippen LogP contribution is 2.36. The van der Waals surface area contributed by atoms with Crippen molar-refractivity contribution in [1.29, 1.82) is 0 Å². The second-order valence-electron chi connectivity index (χ2n) is 4.06. The fraction of sp³-hybridized carbons (Fsp3) is 0.143. The molecule has 0 nitrogen and oxygen atoms in total. The molecule has 2 rings (SSSR count). The summed E-state index contributed by atoms with van der Waals surface area (Å²) < 4.78 is 38.7. The van der Waals surface area contributed by atoms with Crippen molar-refractivity contribution in [3.05, 3.63) is 58.1 Å². The third-order valence-corrected chi connectivity index (χ3v) is 3.31. The van der Waals surface area contributed by atoms with Crippen molar-refractivity contribution in [1.82, 2.24) is 0 Å². The molecule has 0 aliphatic carbocycles. The van der Waals surface area contributed by atoms with Crippen LogP contribution in [0.3, 0.4) is 0 Å². The third kappa shape index (κ3) is 2.75. The largest absolute Gasteiger partial charge is 0.416 e. The monoisotopic (exact) mass is 314 g/mol. The summed E-state index contributed by atoms with van der Waals surface area (Å²) in [5.41, 5.74) is 1.69. The molecule has 0 heterocycles. The van der Waals surface area contributed by atoms with Crippen LogP contribution >= 0.6 is 15.9 Å². The first kappa shape index (κ1) is 13.1. The average molecular weight is 315 g/mol. The van der Waals surface area contributed by atoms with E-state index in [2.05, 4.69) is 15.9 Å². The number of alkyl halides is 3. The van der Waals surface area contributed by atoms with Crippen LogP contribution in [-0.4, -0.2) is 0 Å². The van der Waals surface area contributed by atoms with E-state index >= 15 is 0 Å². The van der Waals surface area contributed by atoms with E-state index in [-0.39, 0.29) is 0 Å². The molecule has 2 aromatic carbocycles. The van der Waals surface area contributed by atoms with Gasteiger partial charge in [-0.05, 0) is 36.2 Å². The lowest BCUT2D eigenvalue weighted by molar-refractivity contribution is -0.137. The zero-order chi connectivity index (χ0) is 13.3. The Kier molecular flexibility index (Phi) is 3.48. The summed E-state index contributed by atoms with van der Waals surface area (Å²) in [4.78, 5) is 0. The Hall–Kier alpha value is -1.29. The molecule has 94 valence electrons. The molecule has 18 heavy (non-hydrogen) atoms. The minimum atomic E-state index is -4.32. The van der Waals surface area contributed by atoms with Gasteiger partial charge in [-0.2, -0.15) is 13.2 Å². The van der Waals surface area contributed by atoms with Crippen molar-refractivity contribution in [2.45, 2.75) is 13.1 Å². The minimum absolute atomic E-state index is 0.550. The molecule has 0 aliphatic rings. The Morgan fingerprint density at radius 1 is 1.00 bits per heavy atom. The molecule has 0 N–H and O–H groups in total. The van der Waals surface area contributed by atoms with Crippen molar-refractivity contribution in [3.8, 4) is 11.1 Å². The Balaban J connectivity index is 2.57. The van der Waals surface area contributed by atoms with Gasteiger partial charge in [0.05, 0.1) is 5.56 Å². The lowest BCUT2D eigenvalue weighted by Crippen LogP contribution is -2.04. The molecule has 4 heteroatoms. The second-order valence-corrected chi connectivity index (χ2v) is 4.92. The summed E-state index contributed by atoms with van der Waals surface area (Å²) in [7, 11) is 0. The smallest absolute Gasteiger partial charge is 0.166 e. The van der Waals surface area contributed by atoms with Gasteiger partial charge in [0.25, 0.3) is 0 Å². The van der Waals surface area contributed by atoms with Crippen LogP contribution in [0.5, 0.6) is 0 Å². The highest BCUT2D eigenvalue weighted by Gasteiger charge is 2.30. The molecule has 0 fully saturated rings. The predicted molar refractivity (Wildman–Crippen MR) is 69.3 cm³/mol. The summed E-state index contributed by atoms with van der Waals surface area (Å²) >= 11 is 3.29. The number of benzene rings is 2. The van der Waals surface area contributed by atoms with E-state index < -0.39 is 11.7 Å².